The Labute approximate surface area is 60.6 Å². The Morgan fingerprint density at radius 1 is 1.30 bits per heavy atom. The van der Waals surface area contributed by atoms with Gasteiger partial charge in [-0.2, -0.15) is 0 Å². The van der Waals surface area contributed by atoms with Gasteiger partial charge in [0.1, 0.15) is 0 Å². The lowest BCUT2D eigenvalue weighted by Gasteiger charge is -1.92. The lowest BCUT2D eigenvalue weighted by atomic mass is 10.3. The van der Waals surface area contributed by atoms with E-state index >= 15 is 0 Å². The van der Waals surface area contributed by atoms with Gasteiger partial charge < -0.3 is 5.73 Å². The zero-order valence-electron chi connectivity index (χ0n) is 5.08. The van der Waals surface area contributed by atoms with E-state index in [2.05, 4.69) is 0 Å². The molecule has 1 unspecified atom stereocenters. The van der Waals surface area contributed by atoms with Crippen molar-refractivity contribution in [1.29, 1.82) is 0 Å². The Hall–Kier alpha value is -0.900. The molecule has 2 N–H and O–H groups in total. The molecule has 54 valence electrons. The molecule has 1 rings (SSSR count). The van der Waals surface area contributed by atoms with Crippen LogP contribution in [0.3, 0.4) is 0 Å². The summed E-state index contributed by atoms with van der Waals surface area (Å²) in [7, 11) is 0. The van der Waals surface area contributed by atoms with Crippen LogP contribution in [0.25, 0.3) is 0 Å². The minimum Gasteiger partial charge on any atom is -0.399 e. The maximum absolute atomic E-state index is 12.0. The largest absolute Gasteiger partial charge is 0.399 e. The Morgan fingerprint density at radius 3 is 2.20 bits per heavy atom. The number of rotatable bonds is 1. The fourth-order valence-electron chi connectivity index (χ4n) is 0.575. The number of benzene rings is 1. The van der Waals surface area contributed by atoms with Gasteiger partial charge in [0.15, 0.2) is 0 Å². The normalized spacial score (nSPS) is 12.9. The van der Waals surface area contributed by atoms with E-state index in [9.17, 15) is 8.09 Å². The predicted molar refractivity (Wildman–Crippen MR) is 38.4 cm³/mol. The highest BCUT2D eigenvalue weighted by molar-refractivity contribution is 7.79. The van der Waals surface area contributed by atoms with Crippen LogP contribution in [0.4, 0.5) is 9.57 Å². The van der Waals surface area contributed by atoms with E-state index in [4.69, 9.17) is 5.73 Å². The Balaban J connectivity index is 3.00. The molecule has 1 aromatic carbocycles. The molecule has 0 radical (unpaired) electrons. The van der Waals surface area contributed by atoms with Gasteiger partial charge in [0.2, 0.25) is 11.2 Å². The first-order valence-corrected chi connectivity index (χ1v) is 3.69. The van der Waals surface area contributed by atoms with E-state index in [1.54, 1.807) is 0 Å². The van der Waals surface area contributed by atoms with Gasteiger partial charge in [0.25, 0.3) is 0 Å². The first kappa shape index (κ1) is 7.21. The molecule has 2 nitrogen and oxygen atoms in total. The molecule has 0 bridgehead atoms. The molecule has 0 amide bonds. The molecule has 0 saturated carbocycles. The van der Waals surface area contributed by atoms with E-state index in [0.717, 1.165) is 0 Å². The van der Waals surface area contributed by atoms with Crippen molar-refractivity contribution in [3.63, 3.8) is 0 Å². The van der Waals surface area contributed by atoms with Crippen molar-refractivity contribution in [3.05, 3.63) is 24.3 Å². The van der Waals surface area contributed by atoms with Crippen molar-refractivity contribution in [2.24, 2.45) is 0 Å². The van der Waals surface area contributed by atoms with Crippen LogP contribution in [0.1, 0.15) is 0 Å². The van der Waals surface area contributed by atoms with Crippen LogP contribution < -0.4 is 5.73 Å². The summed E-state index contributed by atoms with van der Waals surface area (Å²) in [6, 6.07) is 5.80. The fraction of sp³-hybridized carbons (Fsp3) is 0. The average molecular weight is 159 g/mol. The van der Waals surface area contributed by atoms with Crippen LogP contribution in [0, 0.1) is 0 Å². The zero-order valence-corrected chi connectivity index (χ0v) is 5.90. The molecule has 1 aromatic rings. The summed E-state index contributed by atoms with van der Waals surface area (Å²) < 4.78 is 22.2. The van der Waals surface area contributed by atoms with Crippen LogP contribution in [0.2, 0.25) is 0 Å². The number of hydrogen-bond donors (Lipinski definition) is 1. The summed E-state index contributed by atoms with van der Waals surface area (Å²) in [5.74, 6) is 0. The summed E-state index contributed by atoms with van der Waals surface area (Å²) in [5.41, 5.74) is 5.84. The molecule has 10 heavy (non-hydrogen) atoms. The van der Waals surface area contributed by atoms with Crippen molar-refractivity contribution < 1.29 is 8.09 Å². The lowest BCUT2D eigenvalue weighted by Crippen LogP contribution is -1.85. The number of nitrogen functional groups attached to an aromatic ring is 1. The minimum absolute atomic E-state index is 0.147. The lowest BCUT2D eigenvalue weighted by molar-refractivity contribution is 0.649. The van der Waals surface area contributed by atoms with Crippen LogP contribution >= 0.6 is 0 Å². The molecule has 0 aliphatic heterocycles. The van der Waals surface area contributed by atoms with E-state index in [1.165, 1.54) is 24.3 Å². The number of anilines is 1. The second-order valence-electron chi connectivity index (χ2n) is 1.79. The van der Waals surface area contributed by atoms with Gasteiger partial charge in [-0.3, -0.25) is 0 Å². The Kier molecular flexibility index (Phi) is 2.01. The van der Waals surface area contributed by atoms with Crippen LogP contribution in [0.15, 0.2) is 29.2 Å². The quantitative estimate of drug-likeness (QED) is 0.495. The molecule has 0 heterocycles. The third kappa shape index (κ3) is 1.54. The molecule has 0 fully saturated rings. The summed E-state index contributed by atoms with van der Waals surface area (Å²) in [6.07, 6.45) is 0. The minimum atomic E-state index is -2.39. The summed E-state index contributed by atoms with van der Waals surface area (Å²) in [5, 5.41) is 0. The second kappa shape index (κ2) is 2.79. The SMILES string of the molecule is Nc1ccc(S(=O)F)cc1. The number of halogens is 1. The first-order chi connectivity index (χ1) is 4.70. The van der Waals surface area contributed by atoms with Crippen molar-refractivity contribution in [1.82, 2.24) is 0 Å². The van der Waals surface area contributed by atoms with Gasteiger partial charge in [-0.05, 0) is 24.3 Å². The summed E-state index contributed by atoms with van der Waals surface area (Å²) in [6.45, 7) is 0. The fourth-order valence-corrected chi connectivity index (χ4v) is 0.925. The Bertz CT molecular complexity index is 246. The van der Waals surface area contributed by atoms with Crippen molar-refractivity contribution >= 4 is 16.9 Å². The van der Waals surface area contributed by atoms with Crippen LogP contribution in [-0.2, 0) is 11.2 Å². The summed E-state index contributed by atoms with van der Waals surface area (Å²) >= 11 is -2.39. The van der Waals surface area contributed by atoms with Crippen molar-refractivity contribution in [2.45, 2.75) is 4.90 Å². The van der Waals surface area contributed by atoms with Crippen molar-refractivity contribution in [3.8, 4) is 0 Å². The van der Waals surface area contributed by atoms with Gasteiger partial charge in [-0.15, -0.1) is 3.89 Å². The monoisotopic (exact) mass is 159 g/mol. The molecule has 0 aliphatic carbocycles. The molecular weight excluding hydrogens is 153 g/mol. The molecule has 0 aliphatic rings. The highest BCUT2D eigenvalue weighted by Crippen LogP contribution is 2.09. The molecule has 4 heteroatoms. The third-order valence-electron chi connectivity index (χ3n) is 1.07. The smallest absolute Gasteiger partial charge is 0.231 e. The second-order valence-corrected chi connectivity index (χ2v) is 2.71. The van der Waals surface area contributed by atoms with Gasteiger partial charge in [-0.1, -0.05) is 0 Å². The maximum atomic E-state index is 12.0. The van der Waals surface area contributed by atoms with Crippen LogP contribution in [0.5, 0.6) is 0 Å². The molecule has 0 aromatic heterocycles. The Morgan fingerprint density at radius 2 is 1.80 bits per heavy atom. The van der Waals surface area contributed by atoms with E-state index < -0.39 is 11.2 Å². The van der Waals surface area contributed by atoms with Gasteiger partial charge in [-0.25, -0.2) is 4.21 Å². The van der Waals surface area contributed by atoms with Gasteiger partial charge in [0, 0.05) is 5.69 Å². The first-order valence-electron chi connectivity index (χ1n) is 2.64. The summed E-state index contributed by atoms with van der Waals surface area (Å²) in [4.78, 5) is 0.147. The molecule has 0 spiro atoms. The highest BCUT2D eigenvalue weighted by Gasteiger charge is 1.98. The van der Waals surface area contributed by atoms with E-state index in [0.29, 0.717) is 5.69 Å². The molecular formula is C6H6FNOS. The van der Waals surface area contributed by atoms with Crippen molar-refractivity contribution in [2.75, 3.05) is 5.73 Å². The average Bonchev–Trinajstić information content (AvgIpc) is 1.88. The predicted octanol–water partition coefficient (Wildman–Crippen LogP) is 1.26. The highest BCUT2D eigenvalue weighted by atomic mass is 32.2. The van der Waals surface area contributed by atoms with E-state index in [1.807, 2.05) is 0 Å². The van der Waals surface area contributed by atoms with E-state index in [-0.39, 0.29) is 4.90 Å². The van der Waals surface area contributed by atoms with Gasteiger partial charge in [0.05, 0.1) is 4.90 Å². The van der Waals surface area contributed by atoms with Gasteiger partial charge >= 0.3 is 0 Å². The maximum Gasteiger partial charge on any atom is 0.231 e. The van der Waals surface area contributed by atoms with Crippen LogP contribution in [-0.4, -0.2) is 4.21 Å². The third-order valence-corrected chi connectivity index (χ3v) is 1.71. The molecule has 0 saturated heterocycles. The number of hydrogen-bond acceptors (Lipinski definition) is 2. The topological polar surface area (TPSA) is 43.1 Å². The molecule has 1 atom stereocenters. The number of nitrogens with two attached hydrogens (primary N) is 1. The zero-order chi connectivity index (χ0) is 7.56. The standard InChI is InChI=1S/C6H6FNOS/c7-10(9)6-3-1-5(8)2-4-6/h1-4H,8H2.